The van der Waals surface area contributed by atoms with E-state index in [0.717, 1.165) is 19.3 Å². The van der Waals surface area contributed by atoms with Gasteiger partial charge in [-0.2, -0.15) is 0 Å². The van der Waals surface area contributed by atoms with Crippen LogP contribution < -0.4 is 5.32 Å². The van der Waals surface area contributed by atoms with E-state index in [1.807, 2.05) is 32.1 Å². The van der Waals surface area contributed by atoms with E-state index in [1.54, 1.807) is 4.90 Å². The fraction of sp³-hybridized carbons (Fsp3) is 0.750. The van der Waals surface area contributed by atoms with Crippen LogP contribution in [0.1, 0.15) is 62.0 Å². The third-order valence-corrected chi connectivity index (χ3v) is 6.18. The predicted molar refractivity (Wildman–Crippen MR) is 106 cm³/mol. The second kappa shape index (κ2) is 8.59. The number of hydrogen-bond donors (Lipinski definition) is 1. The summed E-state index contributed by atoms with van der Waals surface area (Å²) >= 11 is 1.85. The maximum absolute atomic E-state index is 12.4. The van der Waals surface area contributed by atoms with Crippen molar-refractivity contribution in [2.24, 2.45) is 5.92 Å². The molecule has 0 aromatic carbocycles. The SMILES string of the molecule is CC(C)(C)OC(=O)N1CCC(C(=O)NCCCc2nc3c(s2)CCCC3)C1. The second-order valence-corrected chi connectivity index (χ2v) is 9.66. The number of likely N-dealkylation sites (tertiary alicyclic amines) is 1. The number of carbonyl (C=O) groups is 2. The van der Waals surface area contributed by atoms with Crippen LogP contribution in [0.5, 0.6) is 0 Å². The molecule has 2 heterocycles. The monoisotopic (exact) mass is 393 g/mol. The minimum atomic E-state index is -0.507. The summed E-state index contributed by atoms with van der Waals surface area (Å²) in [6, 6.07) is 0. The molecule has 7 heteroatoms. The summed E-state index contributed by atoms with van der Waals surface area (Å²) in [5.74, 6) is -0.0933. The zero-order valence-corrected chi connectivity index (χ0v) is 17.5. The third kappa shape index (κ3) is 5.67. The van der Waals surface area contributed by atoms with Gasteiger partial charge in [-0.1, -0.05) is 0 Å². The highest BCUT2D eigenvalue weighted by Crippen LogP contribution is 2.27. The van der Waals surface area contributed by atoms with Crippen molar-refractivity contribution in [2.45, 2.75) is 71.3 Å². The molecule has 1 aromatic heterocycles. The van der Waals surface area contributed by atoms with Crippen molar-refractivity contribution in [3.63, 3.8) is 0 Å². The predicted octanol–water partition coefficient (Wildman–Crippen LogP) is 3.33. The first kappa shape index (κ1) is 20.1. The molecule has 6 nitrogen and oxygen atoms in total. The number of carbonyl (C=O) groups excluding carboxylic acids is 2. The lowest BCUT2D eigenvalue weighted by Crippen LogP contribution is -2.37. The molecule has 27 heavy (non-hydrogen) atoms. The van der Waals surface area contributed by atoms with Crippen LogP contribution in [0.3, 0.4) is 0 Å². The fourth-order valence-corrected chi connectivity index (χ4v) is 4.77. The minimum absolute atomic E-state index is 0.0412. The summed E-state index contributed by atoms with van der Waals surface area (Å²) in [7, 11) is 0. The van der Waals surface area contributed by atoms with Crippen LogP contribution in [0.25, 0.3) is 0 Å². The first-order valence-electron chi connectivity index (χ1n) is 10.0. The summed E-state index contributed by atoms with van der Waals surface area (Å²) < 4.78 is 5.38. The molecule has 1 aromatic rings. The number of fused-ring (bicyclic) bond motifs is 1. The first-order chi connectivity index (χ1) is 12.8. The molecule has 150 valence electrons. The van der Waals surface area contributed by atoms with E-state index in [4.69, 9.17) is 9.72 Å². The van der Waals surface area contributed by atoms with E-state index >= 15 is 0 Å². The van der Waals surface area contributed by atoms with Crippen molar-refractivity contribution in [3.8, 4) is 0 Å². The maximum atomic E-state index is 12.4. The van der Waals surface area contributed by atoms with Gasteiger partial charge in [0.05, 0.1) is 16.6 Å². The van der Waals surface area contributed by atoms with E-state index in [2.05, 4.69) is 5.32 Å². The van der Waals surface area contributed by atoms with Gasteiger partial charge < -0.3 is 15.0 Å². The summed E-state index contributed by atoms with van der Waals surface area (Å²) in [4.78, 5) is 32.3. The highest BCUT2D eigenvalue weighted by molar-refractivity contribution is 7.11. The largest absolute Gasteiger partial charge is 0.444 e. The Hall–Kier alpha value is -1.63. The normalized spacial score (nSPS) is 19.7. The van der Waals surface area contributed by atoms with Crippen LogP contribution in [-0.2, 0) is 28.8 Å². The van der Waals surface area contributed by atoms with E-state index in [-0.39, 0.29) is 17.9 Å². The van der Waals surface area contributed by atoms with Crippen molar-refractivity contribution >= 4 is 23.3 Å². The first-order valence-corrected chi connectivity index (χ1v) is 10.9. The second-order valence-electron chi connectivity index (χ2n) is 8.49. The maximum Gasteiger partial charge on any atom is 0.410 e. The van der Waals surface area contributed by atoms with E-state index < -0.39 is 5.60 Å². The number of ether oxygens (including phenoxy) is 1. The average molecular weight is 394 g/mol. The molecule has 0 spiro atoms. The number of aromatic nitrogens is 1. The lowest BCUT2D eigenvalue weighted by Gasteiger charge is -2.24. The summed E-state index contributed by atoms with van der Waals surface area (Å²) in [5, 5.41) is 4.23. The molecule has 1 fully saturated rings. The molecule has 0 saturated carbocycles. The van der Waals surface area contributed by atoms with Gasteiger partial charge >= 0.3 is 6.09 Å². The number of hydrogen-bond acceptors (Lipinski definition) is 5. The van der Waals surface area contributed by atoms with Crippen molar-refractivity contribution in [2.75, 3.05) is 19.6 Å². The van der Waals surface area contributed by atoms with Gasteiger partial charge in [-0.3, -0.25) is 4.79 Å². The van der Waals surface area contributed by atoms with E-state index in [9.17, 15) is 9.59 Å². The molecule has 0 radical (unpaired) electrons. The van der Waals surface area contributed by atoms with Gasteiger partial charge in [-0.25, -0.2) is 9.78 Å². The average Bonchev–Trinajstić information content (AvgIpc) is 3.23. The van der Waals surface area contributed by atoms with Gasteiger partial charge in [0.2, 0.25) is 5.91 Å². The highest BCUT2D eigenvalue weighted by Gasteiger charge is 2.33. The van der Waals surface area contributed by atoms with Gasteiger partial charge in [-0.05, 0) is 59.3 Å². The van der Waals surface area contributed by atoms with E-state index in [0.29, 0.717) is 26.1 Å². The minimum Gasteiger partial charge on any atom is -0.444 e. The summed E-state index contributed by atoms with van der Waals surface area (Å²) in [5.41, 5.74) is 0.797. The molecular weight excluding hydrogens is 362 g/mol. The lowest BCUT2D eigenvalue weighted by atomic mass is 10.0. The Kier molecular flexibility index (Phi) is 6.40. The van der Waals surface area contributed by atoms with Crippen molar-refractivity contribution in [1.29, 1.82) is 0 Å². The molecule has 0 bridgehead atoms. The zero-order valence-electron chi connectivity index (χ0n) is 16.7. The van der Waals surface area contributed by atoms with Crippen LogP contribution in [0.4, 0.5) is 4.79 Å². The van der Waals surface area contributed by atoms with Gasteiger partial charge in [0, 0.05) is 30.9 Å². The number of nitrogens with one attached hydrogen (secondary N) is 1. The molecule has 1 aliphatic carbocycles. The zero-order chi connectivity index (χ0) is 19.4. The number of amides is 2. The molecular formula is C20H31N3O3S. The lowest BCUT2D eigenvalue weighted by molar-refractivity contribution is -0.124. The van der Waals surface area contributed by atoms with Gasteiger partial charge in [-0.15, -0.1) is 11.3 Å². The number of aryl methyl sites for hydroxylation is 3. The molecule has 2 amide bonds. The third-order valence-electron chi connectivity index (χ3n) is 4.97. The Morgan fingerprint density at radius 2 is 2.07 bits per heavy atom. The number of thiazole rings is 1. The van der Waals surface area contributed by atoms with Gasteiger partial charge in [0.1, 0.15) is 5.60 Å². The molecule has 1 N–H and O–H groups in total. The smallest absolute Gasteiger partial charge is 0.410 e. The van der Waals surface area contributed by atoms with Crippen molar-refractivity contribution in [3.05, 3.63) is 15.6 Å². The number of nitrogens with zero attached hydrogens (tertiary/aromatic N) is 2. The number of rotatable bonds is 5. The Labute approximate surface area is 165 Å². The van der Waals surface area contributed by atoms with Crippen LogP contribution in [-0.4, -0.2) is 47.1 Å². The molecule has 1 atom stereocenters. The molecule has 1 aliphatic heterocycles. The van der Waals surface area contributed by atoms with Crippen LogP contribution >= 0.6 is 11.3 Å². The molecule has 1 unspecified atom stereocenters. The van der Waals surface area contributed by atoms with Gasteiger partial charge in [0.15, 0.2) is 0 Å². The Morgan fingerprint density at radius 1 is 1.30 bits per heavy atom. The summed E-state index contributed by atoms with van der Waals surface area (Å²) in [6.45, 7) is 7.24. The fourth-order valence-electron chi connectivity index (χ4n) is 3.57. The quantitative estimate of drug-likeness (QED) is 0.779. The van der Waals surface area contributed by atoms with Crippen molar-refractivity contribution < 1.29 is 14.3 Å². The van der Waals surface area contributed by atoms with Crippen LogP contribution in [0.15, 0.2) is 0 Å². The Bertz CT molecular complexity index is 657. The molecule has 1 saturated heterocycles. The molecule has 2 aliphatic rings. The molecule has 3 rings (SSSR count). The van der Waals surface area contributed by atoms with E-state index in [1.165, 1.54) is 34.8 Å². The standard InChI is InChI=1S/C20H31N3O3S/c1-20(2,3)26-19(25)23-12-10-14(13-23)18(24)21-11-6-9-17-22-15-7-4-5-8-16(15)27-17/h14H,4-13H2,1-3H3,(H,21,24). The highest BCUT2D eigenvalue weighted by atomic mass is 32.1. The van der Waals surface area contributed by atoms with Crippen LogP contribution in [0.2, 0.25) is 0 Å². The summed E-state index contributed by atoms with van der Waals surface area (Å²) in [6.07, 6.45) is 7.04. The van der Waals surface area contributed by atoms with Crippen molar-refractivity contribution in [1.82, 2.24) is 15.2 Å². The Morgan fingerprint density at radius 3 is 2.81 bits per heavy atom. The topological polar surface area (TPSA) is 71.5 Å². The van der Waals surface area contributed by atoms with Gasteiger partial charge in [0.25, 0.3) is 0 Å². The van der Waals surface area contributed by atoms with Crippen LogP contribution in [0, 0.1) is 5.92 Å². The Balaban J connectivity index is 1.36.